The van der Waals surface area contributed by atoms with Gasteiger partial charge in [0.1, 0.15) is 0 Å². The minimum Gasteiger partial charge on any atom is -0.392 e. The molecule has 0 aliphatic heterocycles. The maximum atomic E-state index is 6.10. The van der Waals surface area contributed by atoms with Crippen molar-refractivity contribution in [2.45, 2.75) is 85.6 Å². The summed E-state index contributed by atoms with van der Waals surface area (Å²) >= 11 is 0. The zero-order valence-electron chi connectivity index (χ0n) is 18.7. The zero-order valence-corrected chi connectivity index (χ0v) is 22.0. The van der Waals surface area contributed by atoms with Crippen LogP contribution in [-0.4, -0.2) is 21.8 Å². The molecule has 0 aromatic heterocycles. The Kier molecular flexibility index (Phi) is 24.3. The van der Waals surface area contributed by atoms with Crippen LogP contribution in [0.2, 0.25) is 6.55 Å². The molecule has 1 rings (SSSR count). The van der Waals surface area contributed by atoms with Gasteiger partial charge in [-0.25, -0.2) is 5.57 Å². The molecule has 0 radical (unpaired) electrons. The molecule has 0 aromatic carbocycles. The van der Waals surface area contributed by atoms with E-state index in [0.717, 1.165) is 19.6 Å². The second-order valence-electron chi connectivity index (χ2n) is 6.27. The standard InChI is InChI=1S/C19H35O2Si.3CH3.Pt/c1-6-9-10-11-12-13-14-18-17(4)15-16-19(18)22(5,20-7-2)21-8-3;;;;/h6-14,16H2,1-5H3;3*1H3;/q4*-1;+4. The van der Waals surface area contributed by atoms with E-state index in [4.69, 9.17) is 8.85 Å². The summed E-state index contributed by atoms with van der Waals surface area (Å²) in [4.78, 5) is 0. The van der Waals surface area contributed by atoms with Crippen molar-refractivity contribution in [2.24, 2.45) is 0 Å². The number of unbranched alkanes of at least 4 members (excludes halogenated alkanes) is 5. The third-order valence-corrected chi connectivity index (χ3v) is 7.77. The van der Waals surface area contributed by atoms with E-state index in [1.165, 1.54) is 61.3 Å². The van der Waals surface area contributed by atoms with E-state index in [0.29, 0.717) is 0 Å². The van der Waals surface area contributed by atoms with Crippen molar-refractivity contribution in [1.29, 1.82) is 0 Å². The second kappa shape index (κ2) is 18.7. The third kappa shape index (κ3) is 10.6. The first-order valence-corrected chi connectivity index (χ1v) is 11.5. The molecule has 158 valence electrons. The van der Waals surface area contributed by atoms with Gasteiger partial charge in [-0.1, -0.05) is 58.8 Å². The Morgan fingerprint density at radius 2 is 1.38 bits per heavy atom. The van der Waals surface area contributed by atoms with E-state index in [1.807, 2.05) is 0 Å². The predicted molar refractivity (Wildman–Crippen MR) is 116 cm³/mol. The zero-order chi connectivity index (χ0) is 16.4. The monoisotopic (exact) mass is 563 g/mol. The Bertz CT molecular complexity index is 386. The molecule has 1 aliphatic rings. The van der Waals surface area contributed by atoms with Crippen LogP contribution in [0.1, 0.15) is 79.1 Å². The van der Waals surface area contributed by atoms with E-state index < -0.39 is 8.56 Å². The fourth-order valence-electron chi connectivity index (χ4n) is 3.28. The van der Waals surface area contributed by atoms with Crippen LogP contribution in [0, 0.1) is 28.4 Å². The number of hydrogen-bond donors (Lipinski definition) is 0. The molecule has 0 bridgehead atoms. The quantitative estimate of drug-likeness (QED) is 0.142. The van der Waals surface area contributed by atoms with E-state index in [2.05, 4.69) is 40.3 Å². The first kappa shape index (κ1) is 33.9. The van der Waals surface area contributed by atoms with Crippen LogP contribution in [-0.2, 0) is 29.9 Å². The molecule has 26 heavy (non-hydrogen) atoms. The molecule has 0 fully saturated rings. The molecular weight excluding hydrogens is 519 g/mol. The summed E-state index contributed by atoms with van der Waals surface area (Å²) < 4.78 is 12.2. The van der Waals surface area contributed by atoms with Gasteiger partial charge in [0, 0.05) is 13.2 Å². The van der Waals surface area contributed by atoms with Crippen LogP contribution in [0.15, 0.2) is 16.3 Å². The molecule has 0 unspecified atom stereocenters. The molecule has 2 nitrogen and oxygen atoms in total. The van der Waals surface area contributed by atoms with Gasteiger partial charge in [0.15, 0.2) is 0 Å². The molecule has 4 heteroatoms. The fourth-order valence-corrected chi connectivity index (χ4v) is 6.09. The van der Waals surface area contributed by atoms with Gasteiger partial charge in [0.25, 0.3) is 0 Å². The summed E-state index contributed by atoms with van der Waals surface area (Å²) in [6, 6.07) is 0. The van der Waals surface area contributed by atoms with Gasteiger partial charge in [0.2, 0.25) is 0 Å². The summed E-state index contributed by atoms with van der Waals surface area (Å²) in [5.74, 6) is 0. The van der Waals surface area contributed by atoms with Crippen molar-refractivity contribution < 1.29 is 29.9 Å². The summed E-state index contributed by atoms with van der Waals surface area (Å²) in [7, 11) is -2.21. The fraction of sp³-hybridized carbons (Fsp3) is 0.682. The van der Waals surface area contributed by atoms with Crippen molar-refractivity contribution in [1.82, 2.24) is 0 Å². The van der Waals surface area contributed by atoms with Crippen molar-refractivity contribution in [3.05, 3.63) is 44.7 Å². The predicted octanol–water partition coefficient (Wildman–Crippen LogP) is 7.22. The Labute approximate surface area is 181 Å². The molecule has 0 amide bonds. The topological polar surface area (TPSA) is 18.5 Å². The van der Waals surface area contributed by atoms with E-state index >= 15 is 0 Å². The van der Waals surface area contributed by atoms with Gasteiger partial charge in [0.05, 0.1) is 0 Å². The molecule has 1 aliphatic carbocycles. The van der Waals surface area contributed by atoms with Gasteiger partial charge >= 0.3 is 29.6 Å². The molecule has 0 saturated carbocycles. The van der Waals surface area contributed by atoms with Crippen molar-refractivity contribution in [2.75, 3.05) is 13.2 Å². The Hall–Kier alpha value is 0.305. The van der Waals surface area contributed by atoms with Crippen molar-refractivity contribution >= 4 is 8.56 Å². The minimum absolute atomic E-state index is 0. The van der Waals surface area contributed by atoms with Crippen LogP contribution in [0.25, 0.3) is 0 Å². The number of rotatable bonds is 12. The van der Waals surface area contributed by atoms with Crippen LogP contribution >= 0.6 is 0 Å². The number of allylic oxidation sites excluding steroid dienone is 4. The Balaban J connectivity index is -0.000000605. The molecule has 0 atom stereocenters. The molecule has 0 saturated heterocycles. The van der Waals surface area contributed by atoms with Crippen molar-refractivity contribution in [3.8, 4) is 0 Å². The maximum absolute atomic E-state index is 6.10. The molecule has 0 N–H and O–H groups in total. The molecule has 0 spiro atoms. The van der Waals surface area contributed by atoms with E-state index in [-0.39, 0.29) is 43.3 Å². The van der Waals surface area contributed by atoms with Crippen LogP contribution in [0.5, 0.6) is 0 Å². The maximum Gasteiger partial charge on any atom is 4.00 e. The Morgan fingerprint density at radius 3 is 1.88 bits per heavy atom. The average molecular weight is 564 g/mol. The van der Waals surface area contributed by atoms with Crippen LogP contribution in [0.4, 0.5) is 0 Å². The first-order chi connectivity index (χ1) is 10.6. The van der Waals surface area contributed by atoms with Gasteiger partial charge < -0.3 is 31.1 Å². The van der Waals surface area contributed by atoms with Crippen molar-refractivity contribution in [3.63, 3.8) is 0 Å². The summed E-state index contributed by atoms with van der Waals surface area (Å²) in [5.41, 5.74) is 2.83. The molecule has 0 aromatic rings. The Morgan fingerprint density at radius 1 is 0.885 bits per heavy atom. The smallest absolute Gasteiger partial charge is 0.392 e. The summed E-state index contributed by atoms with van der Waals surface area (Å²) in [5, 5.41) is 1.43. The van der Waals surface area contributed by atoms with E-state index in [9.17, 15) is 0 Å². The van der Waals surface area contributed by atoms with Gasteiger partial charge in [-0.2, -0.15) is 5.57 Å². The van der Waals surface area contributed by atoms with Gasteiger partial charge in [-0.3, -0.25) is 6.08 Å². The normalized spacial score (nSPS) is 13.2. The second-order valence-corrected chi connectivity index (χ2v) is 9.34. The minimum atomic E-state index is -2.21. The first-order valence-electron chi connectivity index (χ1n) is 9.17. The van der Waals surface area contributed by atoms with E-state index in [1.54, 1.807) is 0 Å². The van der Waals surface area contributed by atoms with Crippen LogP contribution in [0.3, 0.4) is 0 Å². The summed E-state index contributed by atoms with van der Waals surface area (Å²) in [6.07, 6.45) is 13.7. The van der Waals surface area contributed by atoms with Crippen LogP contribution < -0.4 is 0 Å². The molecule has 0 heterocycles. The SMILES string of the molecule is CCCCCCCCC1=C([Si](C)(OCC)OCC)C[C-]=C1C.[CH3-].[CH3-].[CH3-].[Pt+4]. The third-order valence-electron chi connectivity index (χ3n) is 4.52. The van der Waals surface area contributed by atoms with Gasteiger partial charge in [-0.15, -0.1) is 11.6 Å². The van der Waals surface area contributed by atoms with Gasteiger partial charge in [-0.05, 0) is 20.4 Å². The average Bonchev–Trinajstić information content (AvgIpc) is 2.85. The molecular formula is C22H44O2PtSi. The summed E-state index contributed by atoms with van der Waals surface area (Å²) in [6.45, 7) is 12.3. The number of hydrogen-bond acceptors (Lipinski definition) is 2. The largest absolute Gasteiger partial charge is 4.00 e.